The molecule has 0 aliphatic rings. The van der Waals surface area contributed by atoms with Crippen LogP contribution in [0.25, 0.3) is 0 Å². The van der Waals surface area contributed by atoms with Gasteiger partial charge in [-0.1, -0.05) is 35.9 Å². The first-order chi connectivity index (χ1) is 13.5. The highest BCUT2D eigenvalue weighted by molar-refractivity contribution is 5.93. The number of hydrogen-bond acceptors (Lipinski definition) is 5. The molecule has 0 bridgehead atoms. The highest BCUT2D eigenvalue weighted by Gasteiger charge is 2.11. The van der Waals surface area contributed by atoms with Gasteiger partial charge in [-0.25, -0.2) is 9.97 Å². The van der Waals surface area contributed by atoms with Crippen molar-refractivity contribution >= 4 is 17.4 Å². The van der Waals surface area contributed by atoms with Gasteiger partial charge in [0.1, 0.15) is 23.6 Å². The zero-order valence-electron chi connectivity index (χ0n) is 16.5. The van der Waals surface area contributed by atoms with E-state index in [-0.39, 0.29) is 5.91 Å². The Morgan fingerprint density at radius 1 is 1.04 bits per heavy atom. The van der Waals surface area contributed by atoms with E-state index in [1.165, 1.54) is 11.9 Å². The van der Waals surface area contributed by atoms with E-state index in [1.54, 1.807) is 13.2 Å². The first-order valence-electron chi connectivity index (χ1n) is 9.05. The molecular weight excluding hydrogens is 352 g/mol. The van der Waals surface area contributed by atoms with Gasteiger partial charge >= 0.3 is 0 Å². The van der Waals surface area contributed by atoms with Crippen LogP contribution in [0, 0.1) is 20.8 Å². The molecule has 0 aliphatic carbocycles. The molecule has 0 spiro atoms. The number of ether oxygens (including phenoxy) is 1. The first-order valence-corrected chi connectivity index (χ1v) is 9.05. The van der Waals surface area contributed by atoms with E-state index in [9.17, 15) is 4.79 Å². The van der Waals surface area contributed by atoms with Gasteiger partial charge in [0.2, 0.25) is 0 Å². The van der Waals surface area contributed by atoms with Crippen molar-refractivity contribution in [1.82, 2.24) is 15.3 Å². The predicted molar refractivity (Wildman–Crippen MR) is 110 cm³/mol. The highest BCUT2D eigenvalue weighted by atomic mass is 16.5. The van der Waals surface area contributed by atoms with Crippen LogP contribution in [0.1, 0.15) is 32.7 Å². The lowest BCUT2D eigenvalue weighted by molar-refractivity contribution is 0.0945. The van der Waals surface area contributed by atoms with Gasteiger partial charge in [0, 0.05) is 23.9 Å². The number of carbonyl (C=O) groups excluding carboxylic acids is 1. The zero-order chi connectivity index (χ0) is 20.1. The molecule has 6 heteroatoms. The Hall–Kier alpha value is -3.41. The van der Waals surface area contributed by atoms with Crippen LogP contribution in [0.15, 0.2) is 48.8 Å². The van der Waals surface area contributed by atoms with Gasteiger partial charge in [-0.2, -0.15) is 0 Å². The Balaban J connectivity index is 1.73. The molecule has 144 valence electrons. The summed E-state index contributed by atoms with van der Waals surface area (Å²) in [6, 6.07) is 13.4. The van der Waals surface area contributed by atoms with Gasteiger partial charge in [0.25, 0.3) is 5.91 Å². The maximum Gasteiger partial charge on any atom is 0.270 e. The topological polar surface area (TPSA) is 76.1 Å². The third-order valence-corrected chi connectivity index (χ3v) is 4.46. The number of methoxy groups -OCH3 is 1. The quantitative estimate of drug-likeness (QED) is 0.678. The third-order valence-electron chi connectivity index (χ3n) is 4.46. The summed E-state index contributed by atoms with van der Waals surface area (Å²) in [6.45, 7) is 6.51. The van der Waals surface area contributed by atoms with Gasteiger partial charge in [-0.05, 0) is 38.0 Å². The van der Waals surface area contributed by atoms with Gasteiger partial charge in [-0.3, -0.25) is 4.79 Å². The summed E-state index contributed by atoms with van der Waals surface area (Å²) in [7, 11) is 1.61. The summed E-state index contributed by atoms with van der Waals surface area (Å²) in [6.07, 6.45) is 1.39. The van der Waals surface area contributed by atoms with E-state index in [2.05, 4.69) is 39.7 Å². The van der Waals surface area contributed by atoms with Crippen molar-refractivity contribution in [3.63, 3.8) is 0 Å². The maximum atomic E-state index is 12.5. The molecule has 0 radical (unpaired) electrons. The molecule has 3 aromatic rings. The molecule has 0 saturated heterocycles. The number of amides is 1. The van der Waals surface area contributed by atoms with Crippen molar-refractivity contribution in [1.29, 1.82) is 0 Å². The molecular formula is C22H24N4O2. The Bertz CT molecular complexity index is 978. The first kappa shape index (κ1) is 19.4. The van der Waals surface area contributed by atoms with Crippen LogP contribution in [0.2, 0.25) is 0 Å². The predicted octanol–water partition coefficient (Wildman–Crippen LogP) is 4.08. The molecule has 6 nitrogen and oxygen atoms in total. The molecule has 0 fully saturated rings. The molecule has 0 unspecified atom stereocenters. The molecule has 3 rings (SSSR count). The van der Waals surface area contributed by atoms with Crippen molar-refractivity contribution in [3.05, 3.63) is 76.7 Å². The largest absolute Gasteiger partial charge is 0.496 e. The van der Waals surface area contributed by atoms with Gasteiger partial charge < -0.3 is 15.4 Å². The van der Waals surface area contributed by atoms with E-state index in [0.717, 1.165) is 28.1 Å². The van der Waals surface area contributed by atoms with Gasteiger partial charge in [0.15, 0.2) is 0 Å². The fourth-order valence-electron chi connectivity index (χ4n) is 3.17. The van der Waals surface area contributed by atoms with Crippen LogP contribution in [0.5, 0.6) is 5.75 Å². The molecule has 1 amide bonds. The summed E-state index contributed by atoms with van der Waals surface area (Å²) in [4.78, 5) is 20.9. The highest BCUT2D eigenvalue weighted by Crippen LogP contribution is 2.25. The van der Waals surface area contributed by atoms with Crippen LogP contribution < -0.4 is 15.4 Å². The van der Waals surface area contributed by atoms with E-state index in [0.29, 0.717) is 18.1 Å². The van der Waals surface area contributed by atoms with Crippen LogP contribution in [0.3, 0.4) is 0 Å². The van der Waals surface area contributed by atoms with E-state index < -0.39 is 0 Å². The van der Waals surface area contributed by atoms with Gasteiger partial charge in [-0.15, -0.1) is 0 Å². The molecule has 0 atom stereocenters. The Morgan fingerprint density at radius 2 is 1.75 bits per heavy atom. The second-order valence-electron chi connectivity index (χ2n) is 6.68. The summed E-state index contributed by atoms with van der Waals surface area (Å²) < 4.78 is 5.31. The summed E-state index contributed by atoms with van der Waals surface area (Å²) in [5.74, 6) is 1.04. The Labute approximate surface area is 165 Å². The molecule has 1 aromatic heterocycles. The second kappa shape index (κ2) is 8.52. The minimum Gasteiger partial charge on any atom is -0.496 e. The number of aryl methyl sites for hydroxylation is 3. The van der Waals surface area contributed by atoms with E-state index >= 15 is 0 Å². The van der Waals surface area contributed by atoms with Crippen LogP contribution >= 0.6 is 0 Å². The Morgan fingerprint density at radius 3 is 2.46 bits per heavy atom. The monoisotopic (exact) mass is 376 g/mol. The second-order valence-corrected chi connectivity index (χ2v) is 6.68. The van der Waals surface area contributed by atoms with Crippen LogP contribution in [-0.4, -0.2) is 23.0 Å². The lowest BCUT2D eigenvalue weighted by Crippen LogP contribution is -2.24. The van der Waals surface area contributed by atoms with Crippen molar-refractivity contribution < 1.29 is 9.53 Å². The maximum absolute atomic E-state index is 12.5. The fraction of sp³-hybridized carbons (Fsp3) is 0.227. The number of nitrogens with one attached hydrogen (secondary N) is 2. The fourth-order valence-corrected chi connectivity index (χ4v) is 3.17. The zero-order valence-corrected chi connectivity index (χ0v) is 16.5. The molecule has 0 aliphatic heterocycles. The lowest BCUT2D eigenvalue weighted by Gasteiger charge is -2.14. The third kappa shape index (κ3) is 4.46. The SMILES string of the molecule is COc1ccccc1CNC(=O)c1cc(Nc2c(C)cc(C)cc2C)ncn1. The minimum atomic E-state index is -0.270. The number of nitrogens with zero attached hydrogens (tertiary/aromatic N) is 2. The normalized spacial score (nSPS) is 10.4. The number of rotatable bonds is 6. The molecule has 28 heavy (non-hydrogen) atoms. The molecule has 2 aromatic carbocycles. The smallest absolute Gasteiger partial charge is 0.270 e. The van der Waals surface area contributed by atoms with E-state index in [1.807, 2.05) is 38.1 Å². The number of aromatic nitrogens is 2. The van der Waals surface area contributed by atoms with Crippen LogP contribution in [0.4, 0.5) is 11.5 Å². The van der Waals surface area contributed by atoms with Crippen molar-refractivity contribution in [2.75, 3.05) is 12.4 Å². The van der Waals surface area contributed by atoms with Gasteiger partial charge in [0.05, 0.1) is 7.11 Å². The number of carbonyl (C=O) groups is 1. The summed E-state index contributed by atoms with van der Waals surface area (Å²) in [5.41, 5.74) is 5.65. The van der Waals surface area contributed by atoms with E-state index in [4.69, 9.17) is 4.74 Å². The average Bonchev–Trinajstić information content (AvgIpc) is 2.69. The summed E-state index contributed by atoms with van der Waals surface area (Å²) in [5, 5.41) is 6.18. The average molecular weight is 376 g/mol. The van der Waals surface area contributed by atoms with Crippen molar-refractivity contribution in [2.45, 2.75) is 27.3 Å². The number of benzene rings is 2. The van der Waals surface area contributed by atoms with Crippen LogP contribution in [-0.2, 0) is 6.54 Å². The number of hydrogen-bond donors (Lipinski definition) is 2. The lowest BCUT2D eigenvalue weighted by atomic mass is 10.1. The molecule has 0 saturated carbocycles. The minimum absolute atomic E-state index is 0.270. The van der Waals surface area contributed by atoms with Crippen molar-refractivity contribution in [2.24, 2.45) is 0 Å². The molecule has 1 heterocycles. The van der Waals surface area contributed by atoms with Crippen molar-refractivity contribution in [3.8, 4) is 5.75 Å². The molecule has 2 N–H and O–H groups in total. The standard InChI is InChI=1S/C22H24N4O2/c1-14-9-15(2)21(16(3)10-14)26-20-11-18(24-13-25-20)22(27)23-12-17-7-5-6-8-19(17)28-4/h5-11,13H,12H2,1-4H3,(H,23,27)(H,24,25,26). The Kier molecular flexibility index (Phi) is 5.89. The summed E-state index contributed by atoms with van der Waals surface area (Å²) >= 11 is 0. The number of para-hydroxylation sites is 1. The number of anilines is 2.